The SMILES string of the molecule is CC1CN(c2nc(Cl)nc(NNC(=O)C(CC3CCCC3)CN(O)C=O)c2F)CC1N(C)C. The van der Waals surface area contributed by atoms with Gasteiger partial charge >= 0.3 is 0 Å². The maximum absolute atomic E-state index is 15.3. The van der Waals surface area contributed by atoms with E-state index in [1.165, 1.54) is 0 Å². The number of nitrogens with zero attached hydrogens (tertiary/aromatic N) is 5. The van der Waals surface area contributed by atoms with Crippen LogP contribution in [0.5, 0.6) is 0 Å². The third-order valence-electron chi connectivity index (χ3n) is 6.64. The Morgan fingerprint density at radius 1 is 1.33 bits per heavy atom. The Morgan fingerprint density at radius 3 is 2.64 bits per heavy atom. The summed E-state index contributed by atoms with van der Waals surface area (Å²) < 4.78 is 15.3. The van der Waals surface area contributed by atoms with Gasteiger partial charge in [0.15, 0.2) is 11.6 Å². The second-order valence-corrected chi connectivity index (χ2v) is 9.65. The van der Waals surface area contributed by atoms with Crippen molar-refractivity contribution in [1.29, 1.82) is 0 Å². The number of hydrazine groups is 1. The summed E-state index contributed by atoms with van der Waals surface area (Å²) >= 11 is 6.06. The molecule has 3 rings (SSSR count). The zero-order valence-corrected chi connectivity index (χ0v) is 20.1. The van der Waals surface area contributed by atoms with E-state index < -0.39 is 17.6 Å². The Balaban J connectivity index is 1.70. The lowest BCUT2D eigenvalue weighted by atomic mass is 9.92. The number of hydrogen-bond acceptors (Lipinski definition) is 8. The van der Waals surface area contributed by atoms with E-state index in [4.69, 9.17) is 11.6 Å². The van der Waals surface area contributed by atoms with Crippen LogP contribution in [0.15, 0.2) is 0 Å². The molecule has 3 atom stereocenters. The van der Waals surface area contributed by atoms with E-state index in [0.717, 1.165) is 25.7 Å². The fourth-order valence-electron chi connectivity index (χ4n) is 4.90. The van der Waals surface area contributed by atoms with Crippen molar-refractivity contribution in [2.24, 2.45) is 17.8 Å². The van der Waals surface area contributed by atoms with Crippen LogP contribution in [0.3, 0.4) is 0 Å². The lowest BCUT2D eigenvalue weighted by molar-refractivity contribution is -0.154. The van der Waals surface area contributed by atoms with Crippen LogP contribution in [0.1, 0.15) is 39.0 Å². The number of hydroxylamine groups is 2. The minimum Gasteiger partial charge on any atom is -0.352 e. The number of hydrogen-bond donors (Lipinski definition) is 3. The zero-order valence-electron chi connectivity index (χ0n) is 19.3. The van der Waals surface area contributed by atoms with Gasteiger partial charge in [-0.15, -0.1) is 0 Å². The van der Waals surface area contributed by atoms with Crippen molar-refractivity contribution in [1.82, 2.24) is 25.4 Å². The summed E-state index contributed by atoms with van der Waals surface area (Å²) in [5, 5.41) is 9.92. The number of halogens is 2. The molecular weight excluding hydrogens is 453 g/mol. The molecule has 1 aromatic heterocycles. The molecule has 1 saturated carbocycles. The number of rotatable bonds is 10. The summed E-state index contributed by atoms with van der Waals surface area (Å²) in [6.45, 7) is 3.15. The molecule has 1 aromatic rings. The molecule has 0 bridgehead atoms. The van der Waals surface area contributed by atoms with Crippen molar-refractivity contribution >= 4 is 35.6 Å². The smallest absolute Gasteiger partial charge is 0.243 e. The first-order valence-electron chi connectivity index (χ1n) is 11.3. The minimum atomic E-state index is -0.713. The van der Waals surface area contributed by atoms with Crippen molar-refractivity contribution in [2.45, 2.75) is 45.1 Å². The quantitative estimate of drug-likeness (QED) is 0.200. The molecule has 0 radical (unpaired) electrons. The molecule has 2 fully saturated rings. The third-order valence-corrected chi connectivity index (χ3v) is 6.81. The summed E-state index contributed by atoms with van der Waals surface area (Å²) in [6, 6.07) is 0.241. The van der Waals surface area contributed by atoms with Crippen LogP contribution in [0.4, 0.5) is 16.0 Å². The predicted octanol–water partition coefficient (Wildman–Crippen LogP) is 2.14. The Bertz CT molecular complexity index is 840. The molecule has 1 aliphatic heterocycles. The van der Waals surface area contributed by atoms with Crippen LogP contribution in [-0.2, 0) is 9.59 Å². The number of amides is 2. The largest absolute Gasteiger partial charge is 0.352 e. The summed E-state index contributed by atoms with van der Waals surface area (Å²) in [7, 11) is 3.97. The van der Waals surface area contributed by atoms with E-state index in [2.05, 4.69) is 32.6 Å². The second kappa shape index (κ2) is 11.3. The van der Waals surface area contributed by atoms with Gasteiger partial charge in [0.25, 0.3) is 0 Å². The highest BCUT2D eigenvalue weighted by atomic mass is 35.5. The molecule has 184 valence electrons. The maximum atomic E-state index is 15.3. The molecule has 2 heterocycles. The molecular formula is C21H33ClFN7O3. The van der Waals surface area contributed by atoms with Crippen molar-refractivity contribution in [3.05, 3.63) is 11.1 Å². The highest BCUT2D eigenvalue weighted by molar-refractivity contribution is 6.28. The second-order valence-electron chi connectivity index (χ2n) is 9.32. The normalized spacial score (nSPS) is 22.0. The van der Waals surface area contributed by atoms with Gasteiger partial charge in [-0.1, -0.05) is 32.6 Å². The van der Waals surface area contributed by atoms with Crippen molar-refractivity contribution in [2.75, 3.05) is 44.1 Å². The van der Waals surface area contributed by atoms with Gasteiger partial charge in [0.1, 0.15) is 0 Å². The van der Waals surface area contributed by atoms with Gasteiger partial charge in [0.2, 0.25) is 23.4 Å². The first kappa shape index (κ1) is 25.4. The van der Waals surface area contributed by atoms with E-state index in [1.54, 1.807) is 0 Å². The third kappa shape index (κ3) is 6.42. The van der Waals surface area contributed by atoms with Gasteiger partial charge in [0.05, 0.1) is 12.5 Å². The van der Waals surface area contributed by atoms with Crippen LogP contribution in [0, 0.1) is 23.6 Å². The summed E-state index contributed by atoms with van der Waals surface area (Å²) in [5.74, 6) is -1.35. The van der Waals surface area contributed by atoms with Gasteiger partial charge in [0, 0.05) is 19.1 Å². The van der Waals surface area contributed by atoms with E-state index in [9.17, 15) is 14.8 Å². The number of aromatic nitrogens is 2. The molecule has 1 aliphatic carbocycles. The molecule has 2 amide bonds. The monoisotopic (exact) mass is 485 g/mol. The van der Waals surface area contributed by atoms with Crippen LogP contribution in [-0.4, -0.2) is 77.2 Å². The van der Waals surface area contributed by atoms with Gasteiger partial charge in [-0.3, -0.25) is 25.6 Å². The molecule has 1 saturated heterocycles. The molecule has 3 unspecified atom stereocenters. The Kier molecular flexibility index (Phi) is 8.66. The average Bonchev–Trinajstić information content (AvgIpc) is 3.42. The summed E-state index contributed by atoms with van der Waals surface area (Å²) in [4.78, 5) is 35.6. The van der Waals surface area contributed by atoms with E-state index in [0.29, 0.717) is 36.4 Å². The first-order valence-corrected chi connectivity index (χ1v) is 11.7. The van der Waals surface area contributed by atoms with Gasteiger partial charge in [-0.05, 0) is 44.0 Å². The predicted molar refractivity (Wildman–Crippen MR) is 122 cm³/mol. The molecule has 0 spiro atoms. The van der Waals surface area contributed by atoms with Crippen LogP contribution in [0.2, 0.25) is 5.28 Å². The molecule has 0 aromatic carbocycles. The molecule has 2 aliphatic rings. The van der Waals surface area contributed by atoms with E-state index in [-0.39, 0.29) is 35.9 Å². The summed E-state index contributed by atoms with van der Waals surface area (Å²) in [6.07, 6.45) is 5.00. The highest BCUT2D eigenvalue weighted by Gasteiger charge is 2.34. The summed E-state index contributed by atoms with van der Waals surface area (Å²) in [5.41, 5.74) is 4.99. The van der Waals surface area contributed by atoms with Gasteiger partial charge < -0.3 is 9.80 Å². The van der Waals surface area contributed by atoms with Gasteiger partial charge in [-0.25, -0.2) is 5.06 Å². The molecule has 12 heteroatoms. The van der Waals surface area contributed by atoms with Crippen molar-refractivity contribution in [3.8, 4) is 0 Å². The first-order chi connectivity index (χ1) is 15.7. The van der Waals surface area contributed by atoms with Crippen LogP contribution >= 0.6 is 11.6 Å². The Hall–Kier alpha value is -2.24. The number of anilines is 2. The molecule has 33 heavy (non-hydrogen) atoms. The highest BCUT2D eigenvalue weighted by Crippen LogP contribution is 2.32. The number of carbonyl (C=O) groups excluding carboxylic acids is 2. The number of nitrogens with one attached hydrogen (secondary N) is 2. The lowest BCUT2D eigenvalue weighted by Gasteiger charge is -2.24. The average molecular weight is 486 g/mol. The zero-order chi connectivity index (χ0) is 24.1. The topological polar surface area (TPSA) is 114 Å². The number of carbonyl (C=O) groups is 2. The maximum Gasteiger partial charge on any atom is 0.243 e. The molecule has 10 nitrogen and oxygen atoms in total. The fourth-order valence-corrected chi connectivity index (χ4v) is 5.07. The lowest BCUT2D eigenvalue weighted by Crippen LogP contribution is -2.41. The number of likely N-dealkylation sites (N-methyl/N-ethyl adjacent to an activating group) is 1. The Morgan fingerprint density at radius 2 is 2.03 bits per heavy atom. The van der Waals surface area contributed by atoms with Crippen LogP contribution < -0.4 is 15.8 Å². The van der Waals surface area contributed by atoms with Crippen LogP contribution in [0.25, 0.3) is 0 Å². The fraction of sp³-hybridized carbons (Fsp3) is 0.714. The van der Waals surface area contributed by atoms with E-state index in [1.807, 2.05) is 19.0 Å². The minimum absolute atomic E-state index is 0.0768. The molecule has 3 N–H and O–H groups in total. The van der Waals surface area contributed by atoms with E-state index >= 15 is 4.39 Å². The standard InChI is InChI=1S/C21H33ClFN7O3/c1-13-9-29(11-16(13)28(2)3)19-17(23)18(24-21(22)25-19)26-27-20(32)15(10-30(33)12-31)8-14-6-4-5-7-14/h12-16,33H,4-11H2,1-3H3,(H,27,32)(H,24,25,26). The van der Waals surface area contributed by atoms with Crippen molar-refractivity contribution < 1.29 is 19.2 Å². The Labute approximate surface area is 198 Å². The van der Waals surface area contributed by atoms with Gasteiger partial charge in [-0.2, -0.15) is 14.4 Å². The van der Waals surface area contributed by atoms with Crippen molar-refractivity contribution in [3.63, 3.8) is 0 Å².